The van der Waals surface area contributed by atoms with Gasteiger partial charge in [0.15, 0.2) is 0 Å². The van der Waals surface area contributed by atoms with Crippen LogP contribution in [0.4, 0.5) is 8.78 Å². The summed E-state index contributed by atoms with van der Waals surface area (Å²) in [6.07, 6.45) is 0. The lowest BCUT2D eigenvalue weighted by Crippen LogP contribution is -2.32. The van der Waals surface area contributed by atoms with Crippen LogP contribution in [-0.2, 0) is 0 Å². The highest BCUT2D eigenvalue weighted by Gasteiger charge is 2.19. The van der Waals surface area contributed by atoms with E-state index in [2.05, 4.69) is 0 Å². The third-order valence-electron chi connectivity index (χ3n) is 1.90. The first-order valence-corrected chi connectivity index (χ1v) is 3.99. The summed E-state index contributed by atoms with van der Waals surface area (Å²) in [4.78, 5) is 0. The van der Waals surface area contributed by atoms with Crippen LogP contribution in [0.1, 0.15) is 18.5 Å². The minimum atomic E-state index is -0.804. The lowest BCUT2D eigenvalue weighted by Gasteiger charge is -2.17. The number of rotatable bonds is 2. The van der Waals surface area contributed by atoms with Gasteiger partial charge in [-0.15, -0.1) is 0 Å². The Hall–Kier alpha value is -1.00. The highest BCUT2D eigenvalue weighted by Crippen LogP contribution is 2.20. The van der Waals surface area contributed by atoms with Crippen molar-refractivity contribution < 1.29 is 8.78 Å². The Morgan fingerprint density at radius 2 is 1.62 bits per heavy atom. The molecule has 0 aliphatic rings. The molecule has 4 heteroatoms. The summed E-state index contributed by atoms with van der Waals surface area (Å²) in [5.41, 5.74) is 10.8. The highest BCUT2D eigenvalue weighted by molar-refractivity contribution is 5.24. The molecule has 0 aromatic heterocycles. The molecule has 1 rings (SSSR count). The van der Waals surface area contributed by atoms with Gasteiger partial charge in [0, 0.05) is 11.6 Å². The lowest BCUT2D eigenvalue weighted by atomic mass is 10.0. The van der Waals surface area contributed by atoms with E-state index in [1.54, 1.807) is 6.92 Å². The Labute approximate surface area is 75.5 Å². The van der Waals surface area contributed by atoms with E-state index in [0.29, 0.717) is 0 Å². The molecule has 0 fully saturated rings. The van der Waals surface area contributed by atoms with E-state index in [1.165, 1.54) is 18.2 Å². The summed E-state index contributed by atoms with van der Waals surface area (Å²) in [5, 5.41) is 0. The summed E-state index contributed by atoms with van der Waals surface area (Å²) in [5.74, 6) is -1.30. The molecule has 0 aliphatic carbocycles. The van der Waals surface area contributed by atoms with Gasteiger partial charge in [0.25, 0.3) is 0 Å². The number of halogens is 2. The summed E-state index contributed by atoms with van der Waals surface area (Å²) >= 11 is 0. The standard InChI is InChI=1S/C9H12F2N2/c1-5(12)9(13)8-6(10)3-2-4-7(8)11/h2-5,9H,12-13H2,1H3/t5-,9+/m0/s1. The van der Waals surface area contributed by atoms with Crippen LogP contribution in [0.5, 0.6) is 0 Å². The second kappa shape index (κ2) is 3.81. The van der Waals surface area contributed by atoms with Gasteiger partial charge in [-0.25, -0.2) is 8.78 Å². The molecule has 0 aliphatic heterocycles. The highest BCUT2D eigenvalue weighted by atomic mass is 19.1. The topological polar surface area (TPSA) is 52.0 Å². The van der Waals surface area contributed by atoms with Gasteiger partial charge in [0.1, 0.15) is 11.6 Å². The largest absolute Gasteiger partial charge is 0.326 e. The summed E-state index contributed by atoms with van der Waals surface area (Å²) in [7, 11) is 0. The number of nitrogens with two attached hydrogens (primary N) is 2. The Morgan fingerprint density at radius 3 is 2.00 bits per heavy atom. The van der Waals surface area contributed by atoms with Crippen molar-refractivity contribution in [2.24, 2.45) is 11.5 Å². The van der Waals surface area contributed by atoms with Gasteiger partial charge in [0.05, 0.1) is 6.04 Å². The molecule has 0 radical (unpaired) electrons. The zero-order valence-corrected chi connectivity index (χ0v) is 7.30. The van der Waals surface area contributed by atoms with Gasteiger partial charge in [-0.1, -0.05) is 6.07 Å². The lowest BCUT2D eigenvalue weighted by molar-refractivity contribution is 0.492. The maximum absolute atomic E-state index is 13.1. The smallest absolute Gasteiger partial charge is 0.130 e. The molecule has 2 nitrogen and oxygen atoms in total. The van der Waals surface area contributed by atoms with E-state index in [1.807, 2.05) is 0 Å². The van der Waals surface area contributed by atoms with Crippen molar-refractivity contribution in [1.29, 1.82) is 0 Å². The van der Waals surface area contributed by atoms with E-state index in [9.17, 15) is 8.78 Å². The van der Waals surface area contributed by atoms with Crippen LogP contribution >= 0.6 is 0 Å². The van der Waals surface area contributed by atoms with E-state index >= 15 is 0 Å². The Bertz CT molecular complexity index is 279. The summed E-state index contributed by atoms with van der Waals surface area (Å²) < 4.78 is 26.2. The van der Waals surface area contributed by atoms with Crippen LogP contribution < -0.4 is 11.5 Å². The molecule has 0 amide bonds. The molecule has 13 heavy (non-hydrogen) atoms. The van der Waals surface area contributed by atoms with E-state index in [0.717, 1.165) is 0 Å². The average molecular weight is 186 g/mol. The fourth-order valence-corrected chi connectivity index (χ4v) is 1.09. The predicted octanol–water partition coefficient (Wildman–Crippen LogP) is 1.31. The predicted molar refractivity (Wildman–Crippen MR) is 46.9 cm³/mol. The third-order valence-corrected chi connectivity index (χ3v) is 1.90. The monoisotopic (exact) mass is 186 g/mol. The minimum Gasteiger partial charge on any atom is -0.326 e. The second-order valence-electron chi connectivity index (χ2n) is 3.02. The molecular formula is C9H12F2N2. The third kappa shape index (κ3) is 2.02. The molecule has 0 unspecified atom stereocenters. The fourth-order valence-electron chi connectivity index (χ4n) is 1.09. The zero-order chi connectivity index (χ0) is 10.0. The van der Waals surface area contributed by atoms with Crippen LogP contribution in [0.2, 0.25) is 0 Å². The first-order valence-electron chi connectivity index (χ1n) is 3.99. The molecule has 0 saturated heterocycles. The van der Waals surface area contributed by atoms with Crippen LogP contribution in [0, 0.1) is 11.6 Å². The normalized spacial score (nSPS) is 15.5. The van der Waals surface area contributed by atoms with Gasteiger partial charge >= 0.3 is 0 Å². The molecule has 0 heterocycles. The van der Waals surface area contributed by atoms with Gasteiger partial charge < -0.3 is 11.5 Å². The molecule has 0 spiro atoms. The summed E-state index contributed by atoms with van der Waals surface area (Å²) in [6, 6.07) is 2.34. The van der Waals surface area contributed by atoms with Crippen molar-refractivity contribution in [2.45, 2.75) is 19.0 Å². The van der Waals surface area contributed by atoms with Crippen molar-refractivity contribution in [2.75, 3.05) is 0 Å². The van der Waals surface area contributed by atoms with E-state index < -0.39 is 23.7 Å². The Kier molecular flexibility index (Phi) is 2.95. The Morgan fingerprint density at radius 1 is 1.15 bits per heavy atom. The van der Waals surface area contributed by atoms with Crippen LogP contribution in [0.3, 0.4) is 0 Å². The molecule has 72 valence electrons. The van der Waals surface area contributed by atoms with Crippen molar-refractivity contribution in [3.63, 3.8) is 0 Å². The van der Waals surface area contributed by atoms with Crippen molar-refractivity contribution in [1.82, 2.24) is 0 Å². The number of hydrogen-bond acceptors (Lipinski definition) is 2. The van der Waals surface area contributed by atoms with E-state index in [-0.39, 0.29) is 5.56 Å². The van der Waals surface area contributed by atoms with Crippen molar-refractivity contribution in [3.05, 3.63) is 35.4 Å². The second-order valence-corrected chi connectivity index (χ2v) is 3.02. The first kappa shape index (κ1) is 10.1. The average Bonchev–Trinajstić information content (AvgIpc) is 2.03. The first-order chi connectivity index (χ1) is 6.04. The molecule has 1 aromatic rings. The quantitative estimate of drug-likeness (QED) is 0.731. The van der Waals surface area contributed by atoms with Gasteiger partial charge in [-0.3, -0.25) is 0 Å². The van der Waals surface area contributed by atoms with Crippen LogP contribution in [-0.4, -0.2) is 6.04 Å². The van der Waals surface area contributed by atoms with Crippen LogP contribution in [0.15, 0.2) is 18.2 Å². The van der Waals surface area contributed by atoms with Crippen LogP contribution in [0.25, 0.3) is 0 Å². The fraction of sp³-hybridized carbons (Fsp3) is 0.333. The maximum atomic E-state index is 13.1. The molecule has 1 aromatic carbocycles. The molecule has 2 atom stereocenters. The zero-order valence-electron chi connectivity index (χ0n) is 7.30. The SMILES string of the molecule is C[C@H](N)[C@@H](N)c1c(F)cccc1F. The van der Waals surface area contributed by atoms with E-state index in [4.69, 9.17) is 11.5 Å². The molecular weight excluding hydrogens is 174 g/mol. The number of benzene rings is 1. The Balaban J connectivity index is 3.12. The minimum absolute atomic E-state index is 0.141. The molecule has 4 N–H and O–H groups in total. The number of hydrogen-bond donors (Lipinski definition) is 2. The maximum Gasteiger partial charge on any atom is 0.130 e. The van der Waals surface area contributed by atoms with Crippen molar-refractivity contribution >= 4 is 0 Å². The molecule has 0 bridgehead atoms. The van der Waals surface area contributed by atoms with Gasteiger partial charge in [-0.2, -0.15) is 0 Å². The summed E-state index contributed by atoms with van der Waals surface area (Å²) in [6.45, 7) is 1.61. The van der Waals surface area contributed by atoms with Gasteiger partial charge in [0.2, 0.25) is 0 Å². The molecule has 0 saturated carbocycles. The van der Waals surface area contributed by atoms with Crippen molar-refractivity contribution in [3.8, 4) is 0 Å². The van der Waals surface area contributed by atoms with Gasteiger partial charge in [-0.05, 0) is 19.1 Å².